The van der Waals surface area contributed by atoms with Crippen LogP contribution in [0.4, 0.5) is 0 Å². The first-order valence-corrected chi connectivity index (χ1v) is 6.34. The van der Waals surface area contributed by atoms with Gasteiger partial charge in [-0.15, -0.1) is 0 Å². The van der Waals surface area contributed by atoms with Crippen LogP contribution in [0.15, 0.2) is 24.3 Å². The van der Waals surface area contributed by atoms with E-state index in [0.29, 0.717) is 24.0 Å². The number of hydrogen-bond acceptors (Lipinski definition) is 3. The largest absolute Gasteiger partial charge is 0.370 e. The predicted molar refractivity (Wildman–Crippen MR) is 65.0 cm³/mol. The van der Waals surface area contributed by atoms with Crippen LogP contribution in [0.2, 0.25) is 0 Å². The highest BCUT2D eigenvalue weighted by Gasteiger charge is 2.48. The molecule has 4 nitrogen and oxygen atoms in total. The van der Waals surface area contributed by atoms with Gasteiger partial charge < -0.3 is 5.11 Å². The van der Waals surface area contributed by atoms with E-state index in [-0.39, 0.29) is 11.8 Å². The lowest BCUT2D eigenvalue weighted by atomic mass is 9.90. The normalized spacial score (nSPS) is 22.2. The van der Waals surface area contributed by atoms with Crippen molar-refractivity contribution in [2.45, 2.75) is 37.8 Å². The summed E-state index contributed by atoms with van der Waals surface area (Å²) in [7, 11) is 0. The highest BCUT2D eigenvalue weighted by atomic mass is 16.3. The van der Waals surface area contributed by atoms with E-state index in [2.05, 4.69) is 0 Å². The van der Waals surface area contributed by atoms with Gasteiger partial charge in [-0.05, 0) is 37.8 Å². The van der Waals surface area contributed by atoms with Crippen LogP contribution >= 0.6 is 0 Å². The molecule has 0 aromatic heterocycles. The molecule has 2 aliphatic rings. The molecule has 4 heteroatoms. The summed E-state index contributed by atoms with van der Waals surface area (Å²) >= 11 is 0. The molecule has 0 atom stereocenters. The summed E-state index contributed by atoms with van der Waals surface area (Å²) in [4.78, 5) is 25.6. The molecular formula is C14H15NO3. The number of benzene rings is 1. The van der Waals surface area contributed by atoms with Gasteiger partial charge in [0.2, 0.25) is 0 Å². The molecule has 94 valence electrons. The molecule has 18 heavy (non-hydrogen) atoms. The molecule has 1 saturated carbocycles. The van der Waals surface area contributed by atoms with E-state index in [1.165, 1.54) is 0 Å². The third kappa shape index (κ3) is 1.49. The molecule has 1 fully saturated rings. The van der Waals surface area contributed by atoms with Crippen LogP contribution in [0.5, 0.6) is 0 Å². The van der Waals surface area contributed by atoms with Gasteiger partial charge in [0, 0.05) is 0 Å². The minimum absolute atomic E-state index is 0.361. The summed E-state index contributed by atoms with van der Waals surface area (Å²) in [5.74, 6) is -0.722. The van der Waals surface area contributed by atoms with E-state index in [4.69, 9.17) is 0 Å². The van der Waals surface area contributed by atoms with Crippen molar-refractivity contribution >= 4 is 11.8 Å². The predicted octanol–water partition coefficient (Wildman–Crippen LogP) is 1.94. The van der Waals surface area contributed by atoms with Crippen molar-refractivity contribution in [1.82, 2.24) is 4.90 Å². The minimum Gasteiger partial charge on any atom is -0.370 e. The molecule has 0 unspecified atom stereocenters. The summed E-state index contributed by atoms with van der Waals surface area (Å²) in [5.41, 5.74) is -0.478. The lowest BCUT2D eigenvalue weighted by molar-refractivity contribution is -0.0911. The quantitative estimate of drug-likeness (QED) is 0.769. The summed E-state index contributed by atoms with van der Waals surface area (Å²) in [6.07, 6.45) is 3.72. The Balaban J connectivity index is 2.01. The Morgan fingerprint density at radius 3 is 1.94 bits per heavy atom. The molecule has 0 spiro atoms. The molecule has 2 amide bonds. The van der Waals surface area contributed by atoms with Crippen molar-refractivity contribution in [3.8, 4) is 0 Å². The molecule has 3 rings (SSSR count). The number of nitrogens with zero attached hydrogens (tertiary/aromatic N) is 1. The smallest absolute Gasteiger partial charge is 0.263 e. The first kappa shape index (κ1) is 11.4. The van der Waals surface area contributed by atoms with Gasteiger partial charge in [-0.1, -0.05) is 18.6 Å². The van der Waals surface area contributed by atoms with Gasteiger partial charge in [0.25, 0.3) is 11.8 Å². The van der Waals surface area contributed by atoms with E-state index < -0.39 is 5.72 Å². The maximum atomic E-state index is 12.3. The first-order chi connectivity index (χ1) is 8.63. The minimum atomic E-state index is -1.29. The highest BCUT2D eigenvalue weighted by molar-refractivity contribution is 6.21. The van der Waals surface area contributed by atoms with Gasteiger partial charge in [-0.2, -0.15) is 0 Å². The van der Waals surface area contributed by atoms with E-state index >= 15 is 0 Å². The zero-order valence-corrected chi connectivity index (χ0v) is 10.1. The van der Waals surface area contributed by atoms with E-state index in [9.17, 15) is 14.7 Å². The maximum absolute atomic E-state index is 12.3. The third-order valence-electron chi connectivity index (χ3n) is 3.86. The van der Waals surface area contributed by atoms with E-state index in [0.717, 1.165) is 24.2 Å². The van der Waals surface area contributed by atoms with Crippen molar-refractivity contribution < 1.29 is 14.7 Å². The zero-order chi connectivity index (χ0) is 12.8. The van der Waals surface area contributed by atoms with Crippen molar-refractivity contribution in [2.24, 2.45) is 0 Å². The Hall–Kier alpha value is -1.68. The number of aliphatic hydroxyl groups is 1. The number of carbonyl (C=O) groups is 2. The van der Waals surface area contributed by atoms with E-state index in [1.807, 2.05) is 0 Å². The zero-order valence-electron chi connectivity index (χ0n) is 10.1. The molecular weight excluding hydrogens is 230 g/mol. The Morgan fingerprint density at radius 2 is 1.44 bits per heavy atom. The summed E-state index contributed by atoms with van der Waals surface area (Å²) in [6, 6.07) is 6.75. The molecule has 1 aromatic rings. The second-order valence-electron chi connectivity index (χ2n) is 5.03. The number of imide groups is 1. The second kappa shape index (κ2) is 3.92. The van der Waals surface area contributed by atoms with Gasteiger partial charge >= 0.3 is 0 Å². The standard InChI is InChI=1S/C14H15NO3/c16-12-10-6-2-3-7-11(10)13(17)15(12)14(18)8-4-1-5-9-14/h2-3,6-7,18H,1,4-5,8-9H2. The fourth-order valence-corrected chi connectivity index (χ4v) is 2.91. The average Bonchev–Trinajstić information content (AvgIpc) is 2.64. The second-order valence-corrected chi connectivity index (χ2v) is 5.03. The van der Waals surface area contributed by atoms with E-state index in [1.54, 1.807) is 24.3 Å². The van der Waals surface area contributed by atoms with Crippen molar-refractivity contribution in [2.75, 3.05) is 0 Å². The van der Waals surface area contributed by atoms with Crippen molar-refractivity contribution in [3.05, 3.63) is 35.4 Å². The topological polar surface area (TPSA) is 57.6 Å². The highest BCUT2D eigenvalue weighted by Crippen LogP contribution is 2.36. The summed E-state index contributed by atoms with van der Waals surface area (Å²) in [6.45, 7) is 0. The monoisotopic (exact) mass is 245 g/mol. The van der Waals surface area contributed by atoms with Crippen molar-refractivity contribution in [3.63, 3.8) is 0 Å². The molecule has 1 aromatic carbocycles. The van der Waals surface area contributed by atoms with Gasteiger partial charge in [-0.3, -0.25) is 9.59 Å². The molecule has 1 N–H and O–H groups in total. The number of hydrogen-bond donors (Lipinski definition) is 1. The fourth-order valence-electron chi connectivity index (χ4n) is 2.91. The van der Waals surface area contributed by atoms with Crippen LogP contribution in [-0.4, -0.2) is 27.5 Å². The average molecular weight is 245 g/mol. The van der Waals surface area contributed by atoms with Crippen LogP contribution in [0.3, 0.4) is 0 Å². The van der Waals surface area contributed by atoms with Crippen molar-refractivity contribution in [1.29, 1.82) is 0 Å². The molecule has 0 saturated heterocycles. The molecule has 1 heterocycles. The van der Waals surface area contributed by atoms with Gasteiger partial charge in [0.1, 0.15) is 5.72 Å². The SMILES string of the molecule is O=C1c2ccccc2C(=O)N1C1(O)CCCCC1. The maximum Gasteiger partial charge on any atom is 0.263 e. The summed E-state index contributed by atoms with van der Waals surface area (Å²) in [5, 5.41) is 10.6. The molecule has 0 bridgehead atoms. The Morgan fingerprint density at radius 1 is 0.944 bits per heavy atom. The molecule has 1 aliphatic carbocycles. The van der Waals surface area contributed by atoms with Gasteiger partial charge in [0.05, 0.1) is 11.1 Å². The summed E-state index contributed by atoms with van der Waals surface area (Å²) < 4.78 is 0. The Kier molecular flexibility index (Phi) is 2.48. The van der Waals surface area contributed by atoms with Crippen LogP contribution in [0.25, 0.3) is 0 Å². The van der Waals surface area contributed by atoms with Gasteiger partial charge in [-0.25, -0.2) is 4.90 Å². The number of carbonyl (C=O) groups excluding carboxylic acids is 2. The van der Waals surface area contributed by atoms with Gasteiger partial charge in [0.15, 0.2) is 0 Å². The third-order valence-corrected chi connectivity index (χ3v) is 3.86. The first-order valence-electron chi connectivity index (χ1n) is 6.34. The number of fused-ring (bicyclic) bond motifs is 1. The Bertz CT molecular complexity index is 483. The number of rotatable bonds is 1. The van der Waals surface area contributed by atoms with Crippen LogP contribution in [0.1, 0.15) is 52.8 Å². The van der Waals surface area contributed by atoms with Crippen LogP contribution in [-0.2, 0) is 0 Å². The lowest BCUT2D eigenvalue weighted by Crippen LogP contribution is -2.52. The van der Waals surface area contributed by atoms with Crippen LogP contribution in [0, 0.1) is 0 Å². The lowest BCUT2D eigenvalue weighted by Gasteiger charge is -2.38. The fraction of sp³-hybridized carbons (Fsp3) is 0.429. The molecule has 1 aliphatic heterocycles. The van der Waals surface area contributed by atoms with Crippen LogP contribution < -0.4 is 0 Å². The number of amides is 2. The Labute approximate surface area is 105 Å². The molecule has 0 radical (unpaired) electrons.